The van der Waals surface area contributed by atoms with Crippen molar-refractivity contribution in [2.45, 2.75) is 26.3 Å². The largest absolute Gasteiger partial charge is 0.348 e. The van der Waals surface area contributed by atoms with Crippen molar-refractivity contribution in [3.05, 3.63) is 17.5 Å². The van der Waals surface area contributed by atoms with E-state index in [1.165, 1.54) is 0 Å². The van der Waals surface area contributed by atoms with E-state index in [4.69, 9.17) is 0 Å². The standard InChI is InChI=1S/C9H13N3O/c1-5-3-7(5)10-9(13)8-4-6(2)11-12-8/h4-5,7H,3H2,1-2H3,(H,10,13)(H,11,12). The summed E-state index contributed by atoms with van der Waals surface area (Å²) in [5.74, 6) is 0.558. The van der Waals surface area contributed by atoms with Gasteiger partial charge in [-0.2, -0.15) is 5.10 Å². The van der Waals surface area contributed by atoms with Crippen LogP contribution in [0.3, 0.4) is 0 Å². The number of nitrogens with one attached hydrogen (secondary N) is 2. The van der Waals surface area contributed by atoms with Crippen molar-refractivity contribution < 1.29 is 4.79 Å². The summed E-state index contributed by atoms with van der Waals surface area (Å²) in [5, 5.41) is 9.54. The molecule has 70 valence electrons. The van der Waals surface area contributed by atoms with Crippen LogP contribution in [0.4, 0.5) is 0 Å². The fraction of sp³-hybridized carbons (Fsp3) is 0.556. The molecule has 4 heteroatoms. The van der Waals surface area contributed by atoms with Gasteiger partial charge in [0.05, 0.1) is 0 Å². The maximum atomic E-state index is 11.5. The highest BCUT2D eigenvalue weighted by atomic mass is 16.2. The predicted molar refractivity (Wildman–Crippen MR) is 48.4 cm³/mol. The average Bonchev–Trinajstić information content (AvgIpc) is 2.62. The van der Waals surface area contributed by atoms with Gasteiger partial charge in [0.15, 0.2) is 0 Å². The van der Waals surface area contributed by atoms with Crippen LogP contribution >= 0.6 is 0 Å². The lowest BCUT2D eigenvalue weighted by atomic mass is 10.3. The SMILES string of the molecule is Cc1cc(C(=O)NC2CC2C)n[nH]1. The molecule has 1 aliphatic carbocycles. The molecule has 0 aliphatic heterocycles. The van der Waals surface area contributed by atoms with Gasteiger partial charge in [0.2, 0.25) is 0 Å². The molecule has 1 fully saturated rings. The molecule has 0 saturated heterocycles. The predicted octanol–water partition coefficient (Wildman–Crippen LogP) is 0.856. The quantitative estimate of drug-likeness (QED) is 0.707. The minimum Gasteiger partial charge on any atom is -0.348 e. The van der Waals surface area contributed by atoms with Crippen LogP contribution in [0.25, 0.3) is 0 Å². The molecule has 1 amide bonds. The van der Waals surface area contributed by atoms with E-state index in [-0.39, 0.29) is 5.91 Å². The molecule has 1 aromatic heterocycles. The molecule has 1 heterocycles. The molecule has 2 atom stereocenters. The number of carbonyl (C=O) groups excluding carboxylic acids is 1. The zero-order valence-corrected chi connectivity index (χ0v) is 7.79. The van der Waals surface area contributed by atoms with Crippen molar-refractivity contribution in [3.8, 4) is 0 Å². The number of H-pyrrole nitrogens is 1. The van der Waals surface area contributed by atoms with Crippen LogP contribution in [0, 0.1) is 12.8 Å². The highest BCUT2D eigenvalue weighted by Gasteiger charge is 2.34. The lowest BCUT2D eigenvalue weighted by molar-refractivity contribution is 0.0944. The number of hydrogen-bond donors (Lipinski definition) is 2. The van der Waals surface area contributed by atoms with Gasteiger partial charge in [-0.15, -0.1) is 0 Å². The Labute approximate surface area is 76.7 Å². The Bertz CT molecular complexity index is 331. The molecule has 0 spiro atoms. The van der Waals surface area contributed by atoms with Crippen LogP contribution in [0.5, 0.6) is 0 Å². The Kier molecular flexibility index (Phi) is 1.83. The van der Waals surface area contributed by atoms with Crippen molar-refractivity contribution in [2.24, 2.45) is 5.92 Å². The van der Waals surface area contributed by atoms with E-state index in [0.717, 1.165) is 12.1 Å². The molecular formula is C9H13N3O. The molecule has 1 aromatic rings. The number of aromatic amines is 1. The van der Waals surface area contributed by atoms with E-state index in [2.05, 4.69) is 22.4 Å². The molecule has 1 saturated carbocycles. The summed E-state index contributed by atoms with van der Waals surface area (Å²) in [6, 6.07) is 2.12. The third kappa shape index (κ3) is 1.71. The Morgan fingerprint density at radius 2 is 2.46 bits per heavy atom. The Balaban J connectivity index is 1.97. The van der Waals surface area contributed by atoms with Gasteiger partial charge in [0.25, 0.3) is 5.91 Å². The van der Waals surface area contributed by atoms with E-state index in [0.29, 0.717) is 17.7 Å². The van der Waals surface area contributed by atoms with Gasteiger partial charge in [0.1, 0.15) is 5.69 Å². The first kappa shape index (κ1) is 8.29. The van der Waals surface area contributed by atoms with Crippen molar-refractivity contribution in [2.75, 3.05) is 0 Å². The second-order valence-corrected chi connectivity index (χ2v) is 3.73. The summed E-state index contributed by atoms with van der Waals surface area (Å²) in [7, 11) is 0. The first-order chi connectivity index (χ1) is 6.16. The number of hydrogen-bond acceptors (Lipinski definition) is 2. The number of nitrogens with zero attached hydrogens (tertiary/aromatic N) is 1. The van der Waals surface area contributed by atoms with Crippen molar-refractivity contribution in [3.63, 3.8) is 0 Å². The van der Waals surface area contributed by atoms with Gasteiger partial charge in [0, 0.05) is 11.7 Å². The maximum Gasteiger partial charge on any atom is 0.272 e. The molecular weight excluding hydrogens is 166 g/mol. The number of aromatic nitrogens is 2. The zero-order chi connectivity index (χ0) is 9.42. The number of amides is 1. The Hall–Kier alpha value is -1.32. The third-order valence-electron chi connectivity index (χ3n) is 2.36. The molecule has 2 N–H and O–H groups in total. The highest BCUT2D eigenvalue weighted by molar-refractivity contribution is 5.92. The summed E-state index contributed by atoms with van der Waals surface area (Å²) >= 11 is 0. The van der Waals surface area contributed by atoms with Gasteiger partial charge in [-0.05, 0) is 25.3 Å². The molecule has 4 nitrogen and oxygen atoms in total. The lowest BCUT2D eigenvalue weighted by Crippen LogP contribution is -2.26. The van der Waals surface area contributed by atoms with Crippen LogP contribution in [-0.2, 0) is 0 Å². The van der Waals surface area contributed by atoms with Crippen molar-refractivity contribution >= 4 is 5.91 Å². The smallest absolute Gasteiger partial charge is 0.272 e. The topological polar surface area (TPSA) is 57.8 Å². The molecule has 2 unspecified atom stereocenters. The first-order valence-electron chi connectivity index (χ1n) is 4.49. The van der Waals surface area contributed by atoms with Crippen LogP contribution < -0.4 is 5.32 Å². The van der Waals surface area contributed by atoms with Crippen molar-refractivity contribution in [1.29, 1.82) is 0 Å². The minimum absolute atomic E-state index is 0.0706. The van der Waals surface area contributed by atoms with Crippen molar-refractivity contribution in [1.82, 2.24) is 15.5 Å². The van der Waals surface area contributed by atoms with Crippen LogP contribution in [0.2, 0.25) is 0 Å². The van der Waals surface area contributed by atoms with Gasteiger partial charge >= 0.3 is 0 Å². The Morgan fingerprint density at radius 3 is 2.92 bits per heavy atom. The van der Waals surface area contributed by atoms with Gasteiger partial charge < -0.3 is 5.32 Å². The third-order valence-corrected chi connectivity index (χ3v) is 2.36. The summed E-state index contributed by atoms with van der Waals surface area (Å²) in [4.78, 5) is 11.5. The summed E-state index contributed by atoms with van der Waals surface area (Å²) in [6.07, 6.45) is 1.09. The minimum atomic E-state index is -0.0706. The monoisotopic (exact) mass is 179 g/mol. The fourth-order valence-corrected chi connectivity index (χ4v) is 1.30. The van der Waals surface area contributed by atoms with Crippen LogP contribution in [0.15, 0.2) is 6.07 Å². The Morgan fingerprint density at radius 1 is 1.77 bits per heavy atom. The van der Waals surface area contributed by atoms with Gasteiger partial charge in [-0.25, -0.2) is 0 Å². The lowest BCUT2D eigenvalue weighted by Gasteiger charge is -1.98. The van der Waals surface area contributed by atoms with Gasteiger partial charge in [-0.1, -0.05) is 6.92 Å². The van der Waals surface area contributed by atoms with E-state index in [1.54, 1.807) is 6.07 Å². The summed E-state index contributed by atoms with van der Waals surface area (Å²) < 4.78 is 0. The van der Waals surface area contributed by atoms with Crippen LogP contribution in [0.1, 0.15) is 29.5 Å². The highest BCUT2D eigenvalue weighted by Crippen LogP contribution is 2.29. The average molecular weight is 179 g/mol. The number of rotatable bonds is 2. The molecule has 0 aromatic carbocycles. The molecule has 13 heavy (non-hydrogen) atoms. The van der Waals surface area contributed by atoms with E-state index >= 15 is 0 Å². The first-order valence-corrected chi connectivity index (χ1v) is 4.49. The maximum absolute atomic E-state index is 11.5. The molecule has 2 rings (SSSR count). The molecule has 0 bridgehead atoms. The second kappa shape index (κ2) is 2.87. The van der Waals surface area contributed by atoms with E-state index in [1.807, 2.05) is 6.92 Å². The second-order valence-electron chi connectivity index (χ2n) is 3.73. The van der Waals surface area contributed by atoms with E-state index < -0.39 is 0 Å². The summed E-state index contributed by atoms with van der Waals surface area (Å²) in [6.45, 7) is 4.00. The molecule has 0 radical (unpaired) electrons. The fourth-order valence-electron chi connectivity index (χ4n) is 1.30. The van der Waals surface area contributed by atoms with Gasteiger partial charge in [-0.3, -0.25) is 9.89 Å². The summed E-state index contributed by atoms with van der Waals surface area (Å²) in [5.41, 5.74) is 1.39. The number of aryl methyl sites for hydroxylation is 1. The van der Waals surface area contributed by atoms with E-state index in [9.17, 15) is 4.79 Å². The molecule has 1 aliphatic rings. The van der Waals surface area contributed by atoms with Crippen LogP contribution in [-0.4, -0.2) is 22.1 Å². The zero-order valence-electron chi connectivity index (χ0n) is 7.79. The normalized spacial score (nSPS) is 25.7. The number of carbonyl (C=O) groups is 1.